The quantitative estimate of drug-likeness (QED) is 0.621. The molecule has 0 saturated carbocycles. The van der Waals surface area contributed by atoms with Crippen molar-refractivity contribution < 1.29 is 14.6 Å². The molecule has 1 N–H and O–H groups in total. The van der Waals surface area contributed by atoms with Gasteiger partial charge in [0.25, 0.3) is 0 Å². The minimum atomic E-state index is -0.731. The third-order valence-corrected chi connectivity index (χ3v) is 2.28. The molecule has 0 aromatic heterocycles. The Kier molecular flexibility index (Phi) is 1.68. The van der Waals surface area contributed by atoms with Gasteiger partial charge in [0.2, 0.25) is 0 Å². The fourth-order valence-corrected chi connectivity index (χ4v) is 0.972. The molecule has 1 aliphatic heterocycles. The van der Waals surface area contributed by atoms with Crippen LogP contribution >= 0.6 is 0 Å². The summed E-state index contributed by atoms with van der Waals surface area (Å²) < 4.78 is 4.95. The first-order valence-electron chi connectivity index (χ1n) is 3.37. The summed E-state index contributed by atoms with van der Waals surface area (Å²) >= 11 is 0. The number of aliphatic carboxylic acids is 1. The van der Waals surface area contributed by atoms with E-state index >= 15 is 0 Å². The van der Waals surface area contributed by atoms with Crippen molar-refractivity contribution in [2.24, 2.45) is 11.3 Å². The maximum Gasteiger partial charge on any atom is 0.306 e. The Morgan fingerprint density at radius 3 is 2.30 bits per heavy atom. The van der Waals surface area contributed by atoms with Crippen LogP contribution in [0.5, 0.6) is 0 Å². The number of carboxylic acid groups (broad SMARTS) is 1. The first-order valence-corrected chi connectivity index (χ1v) is 3.37. The van der Waals surface area contributed by atoms with Gasteiger partial charge in [0.1, 0.15) is 0 Å². The van der Waals surface area contributed by atoms with Crippen molar-refractivity contribution in [1.29, 1.82) is 0 Å². The lowest BCUT2D eigenvalue weighted by molar-refractivity contribution is -0.168. The number of carboxylic acids is 1. The highest BCUT2D eigenvalue weighted by atomic mass is 16.5. The average Bonchev–Trinajstić information content (AvgIpc) is 1.81. The first-order chi connectivity index (χ1) is 4.56. The van der Waals surface area contributed by atoms with Crippen molar-refractivity contribution in [3.8, 4) is 0 Å². The molecule has 10 heavy (non-hydrogen) atoms. The number of carbonyl (C=O) groups is 1. The van der Waals surface area contributed by atoms with E-state index in [-0.39, 0.29) is 11.3 Å². The van der Waals surface area contributed by atoms with Gasteiger partial charge in [-0.25, -0.2) is 0 Å². The van der Waals surface area contributed by atoms with Crippen LogP contribution in [-0.2, 0) is 9.53 Å². The highest BCUT2D eigenvalue weighted by Crippen LogP contribution is 2.34. The van der Waals surface area contributed by atoms with E-state index in [0.717, 1.165) is 0 Å². The minimum Gasteiger partial charge on any atom is -0.481 e. The van der Waals surface area contributed by atoms with E-state index in [1.807, 2.05) is 6.92 Å². The van der Waals surface area contributed by atoms with Crippen molar-refractivity contribution in [3.05, 3.63) is 0 Å². The molecule has 0 bridgehead atoms. The summed E-state index contributed by atoms with van der Waals surface area (Å²) in [5.41, 5.74) is -0.119. The molecule has 1 fully saturated rings. The molecular formula is C7H12O3. The second kappa shape index (κ2) is 2.23. The largest absolute Gasteiger partial charge is 0.481 e. The zero-order valence-electron chi connectivity index (χ0n) is 6.26. The zero-order valence-corrected chi connectivity index (χ0v) is 6.26. The lowest BCUT2D eigenvalue weighted by Crippen LogP contribution is -2.47. The molecular weight excluding hydrogens is 132 g/mol. The van der Waals surface area contributed by atoms with E-state index < -0.39 is 5.97 Å². The number of hydrogen-bond acceptors (Lipinski definition) is 2. The zero-order chi connectivity index (χ0) is 7.78. The second-order valence-corrected chi connectivity index (χ2v) is 3.21. The molecule has 0 unspecified atom stereocenters. The molecule has 0 radical (unpaired) electrons. The third kappa shape index (κ3) is 1.01. The molecule has 0 spiro atoms. The van der Waals surface area contributed by atoms with Crippen molar-refractivity contribution in [2.45, 2.75) is 13.8 Å². The maximum absolute atomic E-state index is 10.5. The Labute approximate surface area is 60.0 Å². The van der Waals surface area contributed by atoms with Crippen LogP contribution in [0.4, 0.5) is 0 Å². The number of hydrogen-bond donors (Lipinski definition) is 1. The van der Waals surface area contributed by atoms with Gasteiger partial charge in [0.15, 0.2) is 0 Å². The monoisotopic (exact) mass is 144 g/mol. The van der Waals surface area contributed by atoms with Crippen LogP contribution in [0.2, 0.25) is 0 Å². The van der Waals surface area contributed by atoms with Crippen molar-refractivity contribution in [3.63, 3.8) is 0 Å². The summed E-state index contributed by atoms with van der Waals surface area (Å²) in [6.07, 6.45) is 0. The molecule has 1 atom stereocenters. The van der Waals surface area contributed by atoms with Gasteiger partial charge in [-0.15, -0.1) is 0 Å². The van der Waals surface area contributed by atoms with E-state index in [4.69, 9.17) is 9.84 Å². The number of ether oxygens (including phenoxy) is 1. The van der Waals surface area contributed by atoms with Crippen LogP contribution in [0.25, 0.3) is 0 Å². The van der Waals surface area contributed by atoms with Crippen LogP contribution in [-0.4, -0.2) is 24.3 Å². The first kappa shape index (κ1) is 7.54. The Bertz CT molecular complexity index is 149. The highest BCUT2D eigenvalue weighted by molar-refractivity contribution is 5.70. The van der Waals surface area contributed by atoms with Gasteiger partial charge in [0, 0.05) is 5.41 Å². The molecule has 58 valence electrons. The number of rotatable bonds is 2. The molecule has 1 saturated heterocycles. The van der Waals surface area contributed by atoms with Gasteiger partial charge < -0.3 is 9.84 Å². The highest BCUT2D eigenvalue weighted by Gasteiger charge is 2.42. The predicted octanol–water partition coefficient (Wildman–Crippen LogP) is 0.744. The van der Waals surface area contributed by atoms with Crippen molar-refractivity contribution in [2.75, 3.05) is 13.2 Å². The smallest absolute Gasteiger partial charge is 0.306 e. The van der Waals surface area contributed by atoms with Crippen LogP contribution in [0, 0.1) is 11.3 Å². The van der Waals surface area contributed by atoms with Gasteiger partial charge in [-0.2, -0.15) is 0 Å². The van der Waals surface area contributed by atoms with Crippen molar-refractivity contribution >= 4 is 5.97 Å². The van der Waals surface area contributed by atoms with E-state index in [2.05, 4.69) is 0 Å². The van der Waals surface area contributed by atoms with Gasteiger partial charge >= 0.3 is 5.97 Å². The topological polar surface area (TPSA) is 46.5 Å². The van der Waals surface area contributed by atoms with E-state index in [9.17, 15) is 4.79 Å². The van der Waals surface area contributed by atoms with Crippen LogP contribution < -0.4 is 0 Å². The molecule has 0 aromatic carbocycles. The van der Waals surface area contributed by atoms with Crippen LogP contribution in [0.1, 0.15) is 13.8 Å². The van der Waals surface area contributed by atoms with Gasteiger partial charge in [-0.3, -0.25) is 4.79 Å². The maximum atomic E-state index is 10.5. The molecule has 0 aliphatic carbocycles. The standard InChI is InChI=1S/C7H12O3/c1-5(6(8)9)7(2)3-10-4-7/h5H,3-4H2,1-2H3,(H,8,9)/t5-/m0/s1. The fraction of sp³-hybridized carbons (Fsp3) is 0.857. The molecule has 1 aliphatic rings. The third-order valence-electron chi connectivity index (χ3n) is 2.28. The van der Waals surface area contributed by atoms with Gasteiger partial charge in [-0.05, 0) is 0 Å². The Balaban J connectivity index is 2.54. The summed E-state index contributed by atoms with van der Waals surface area (Å²) in [6.45, 7) is 4.83. The Morgan fingerprint density at radius 1 is 1.70 bits per heavy atom. The van der Waals surface area contributed by atoms with Crippen molar-refractivity contribution in [1.82, 2.24) is 0 Å². The van der Waals surface area contributed by atoms with Gasteiger partial charge in [-0.1, -0.05) is 13.8 Å². The normalized spacial score (nSPS) is 25.0. The summed E-state index contributed by atoms with van der Waals surface area (Å²) in [6, 6.07) is 0. The molecule has 0 aromatic rings. The SMILES string of the molecule is C[C@@H](C(=O)O)C1(C)COC1. The van der Waals surface area contributed by atoms with Crippen LogP contribution in [0.15, 0.2) is 0 Å². The van der Waals surface area contributed by atoms with E-state index in [0.29, 0.717) is 13.2 Å². The molecule has 0 amide bonds. The summed E-state index contributed by atoms with van der Waals surface area (Å²) in [7, 11) is 0. The second-order valence-electron chi connectivity index (χ2n) is 3.21. The summed E-state index contributed by atoms with van der Waals surface area (Å²) in [5.74, 6) is -1.02. The van der Waals surface area contributed by atoms with E-state index in [1.165, 1.54) is 0 Å². The molecule has 3 heteroatoms. The predicted molar refractivity (Wildman–Crippen MR) is 35.7 cm³/mol. The van der Waals surface area contributed by atoms with E-state index in [1.54, 1.807) is 6.92 Å². The Morgan fingerprint density at radius 2 is 2.20 bits per heavy atom. The Hall–Kier alpha value is -0.570. The minimum absolute atomic E-state index is 0.119. The lowest BCUT2D eigenvalue weighted by atomic mass is 9.76. The average molecular weight is 144 g/mol. The molecule has 1 heterocycles. The van der Waals surface area contributed by atoms with Gasteiger partial charge in [0.05, 0.1) is 19.1 Å². The lowest BCUT2D eigenvalue weighted by Gasteiger charge is -2.40. The fourth-order valence-electron chi connectivity index (χ4n) is 0.972. The summed E-state index contributed by atoms with van der Waals surface area (Å²) in [4.78, 5) is 10.5. The molecule has 1 rings (SSSR count). The molecule has 3 nitrogen and oxygen atoms in total. The van der Waals surface area contributed by atoms with Crippen LogP contribution in [0.3, 0.4) is 0 Å². The summed E-state index contributed by atoms with van der Waals surface area (Å²) in [5, 5.41) is 8.63.